The normalized spacial score (nSPS) is 20.8. The Morgan fingerprint density at radius 2 is 0.896 bits per heavy atom. The lowest BCUT2D eigenvalue weighted by molar-refractivity contribution is -0.148. The predicted molar refractivity (Wildman–Crippen MR) is 181 cm³/mol. The van der Waals surface area contributed by atoms with Gasteiger partial charge >= 0.3 is 11.8 Å². The highest BCUT2D eigenvalue weighted by Crippen LogP contribution is 2.48. The molecule has 0 aromatic heterocycles. The fourth-order valence-electron chi connectivity index (χ4n) is 6.06. The lowest BCUT2D eigenvalue weighted by Gasteiger charge is -2.44. The van der Waals surface area contributed by atoms with Crippen LogP contribution in [0.25, 0.3) is 0 Å². The summed E-state index contributed by atoms with van der Waals surface area (Å²) in [6, 6.07) is 28.1. The van der Waals surface area contributed by atoms with E-state index in [0.717, 1.165) is 10.0 Å². The number of hydrogen-bond donors (Lipinski definition) is 0. The largest absolute Gasteiger partial charge is 0.466 e. The predicted octanol–water partition coefficient (Wildman–Crippen LogP) is 7.80. The van der Waals surface area contributed by atoms with Crippen molar-refractivity contribution >= 4 is 34.6 Å². The summed E-state index contributed by atoms with van der Waals surface area (Å²) in [5, 5.41) is 12.0. The second-order valence-electron chi connectivity index (χ2n) is 12.7. The Labute approximate surface area is 278 Å². The number of halogens is 2. The van der Waals surface area contributed by atoms with Crippen molar-refractivity contribution in [2.75, 3.05) is 10.0 Å². The van der Waals surface area contributed by atoms with Crippen molar-refractivity contribution in [1.29, 1.82) is 0 Å². The summed E-state index contributed by atoms with van der Waals surface area (Å²) in [5.74, 6) is -1.92. The van der Waals surface area contributed by atoms with E-state index in [4.69, 9.17) is 19.7 Å². The average Bonchev–Trinajstić information content (AvgIpc) is 3.49. The van der Waals surface area contributed by atoms with Crippen LogP contribution < -0.4 is 19.5 Å². The Morgan fingerprint density at radius 3 is 1.21 bits per heavy atom. The van der Waals surface area contributed by atoms with Gasteiger partial charge in [0, 0.05) is 0 Å². The lowest BCUT2D eigenvalue weighted by Crippen LogP contribution is -2.76. The lowest BCUT2D eigenvalue weighted by atomic mass is 9.71. The van der Waals surface area contributed by atoms with Crippen LogP contribution in [0.2, 0.25) is 0 Å². The standard InChI is InChI=1S/C38H36F2N4O4/c1-25(2)23-33-37(47-31-11-7-5-8-12-31,35(45)43(41-33)29-19-15-27(39)16-20-29)38(48-32-13-9-6-10-14-32)34(24-26(3)4)42-44(36(38)46)30-21-17-28(40)18-22-30/h5-22,25-26H,23-24H2,1-4H3/t37-,38-/m1/s1. The van der Waals surface area contributed by atoms with Gasteiger partial charge < -0.3 is 9.47 Å². The quantitative estimate of drug-likeness (QED) is 0.166. The second-order valence-corrected chi connectivity index (χ2v) is 12.7. The highest BCUT2D eigenvalue weighted by atomic mass is 19.1. The molecule has 2 atom stereocenters. The summed E-state index contributed by atoms with van der Waals surface area (Å²) in [7, 11) is 0. The van der Waals surface area contributed by atoms with Gasteiger partial charge in [-0.15, -0.1) is 0 Å². The zero-order valence-electron chi connectivity index (χ0n) is 27.1. The minimum atomic E-state index is -2.23. The number of hydrazone groups is 2. The molecule has 2 aliphatic heterocycles. The van der Waals surface area contributed by atoms with E-state index in [2.05, 4.69) is 0 Å². The van der Waals surface area contributed by atoms with Gasteiger partial charge in [0.15, 0.2) is 0 Å². The Hall–Kier alpha value is -5.38. The molecule has 0 fully saturated rings. The second kappa shape index (κ2) is 13.0. The maximum absolute atomic E-state index is 15.4. The molecule has 0 bridgehead atoms. The van der Waals surface area contributed by atoms with E-state index < -0.39 is 34.7 Å². The van der Waals surface area contributed by atoms with E-state index in [0.29, 0.717) is 0 Å². The molecule has 6 rings (SSSR count). The van der Waals surface area contributed by atoms with Crippen LogP contribution in [0.5, 0.6) is 11.5 Å². The summed E-state index contributed by atoms with van der Waals surface area (Å²) in [5.41, 5.74) is -3.45. The van der Waals surface area contributed by atoms with Crippen LogP contribution in [0.15, 0.2) is 119 Å². The number of anilines is 2. The molecular weight excluding hydrogens is 614 g/mol. The first-order chi connectivity index (χ1) is 23.0. The number of ether oxygens (including phenoxy) is 2. The van der Waals surface area contributed by atoms with E-state index in [1.54, 1.807) is 48.5 Å². The molecule has 4 aromatic carbocycles. The first kappa shape index (κ1) is 32.6. The fourth-order valence-corrected chi connectivity index (χ4v) is 6.06. The molecule has 10 heteroatoms. The van der Waals surface area contributed by atoms with Crippen molar-refractivity contribution in [3.63, 3.8) is 0 Å². The zero-order chi connectivity index (χ0) is 34.1. The average molecular weight is 651 g/mol. The molecule has 2 amide bonds. The number of para-hydroxylation sites is 2. The third-order valence-corrected chi connectivity index (χ3v) is 8.11. The van der Waals surface area contributed by atoms with E-state index in [-0.39, 0.29) is 59.0 Å². The Balaban J connectivity index is 1.68. The van der Waals surface area contributed by atoms with Crippen molar-refractivity contribution in [2.45, 2.75) is 51.7 Å². The minimum absolute atomic E-state index is 0.0487. The van der Waals surface area contributed by atoms with Gasteiger partial charge in [0.05, 0.1) is 22.8 Å². The van der Waals surface area contributed by atoms with Crippen LogP contribution in [0.4, 0.5) is 20.2 Å². The first-order valence-electron chi connectivity index (χ1n) is 15.9. The molecule has 246 valence electrons. The molecule has 0 unspecified atom stereocenters. The highest BCUT2D eigenvalue weighted by molar-refractivity contribution is 6.35. The molecule has 0 N–H and O–H groups in total. The molecule has 2 aliphatic rings. The molecule has 48 heavy (non-hydrogen) atoms. The van der Waals surface area contributed by atoms with Crippen molar-refractivity contribution in [1.82, 2.24) is 0 Å². The van der Waals surface area contributed by atoms with Gasteiger partial charge in [-0.3, -0.25) is 9.59 Å². The number of carbonyl (C=O) groups excluding carboxylic acids is 2. The highest BCUT2D eigenvalue weighted by Gasteiger charge is 2.77. The van der Waals surface area contributed by atoms with Crippen LogP contribution in [0.3, 0.4) is 0 Å². The molecule has 0 saturated heterocycles. The SMILES string of the molecule is CC(C)CC1=NN(c2ccc(F)cc2)C(=O)[C@@]1(Oc1ccccc1)[C@]1(Oc2ccccc2)C(=O)N(c2ccc(F)cc2)N=C1CC(C)C. The van der Waals surface area contributed by atoms with Crippen molar-refractivity contribution in [2.24, 2.45) is 22.0 Å². The summed E-state index contributed by atoms with van der Waals surface area (Å²) in [6.07, 6.45) is 0.462. The zero-order valence-corrected chi connectivity index (χ0v) is 27.1. The molecule has 0 aliphatic carbocycles. The molecular formula is C38H36F2N4O4. The minimum Gasteiger partial charge on any atom is -0.466 e. The van der Waals surface area contributed by atoms with Gasteiger partial charge in [0.25, 0.3) is 11.2 Å². The van der Waals surface area contributed by atoms with E-state index in [1.165, 1.54) is 48.5 Å². The van der Waals surface area contributed by atoms with Crippen molar-refractivity contribution < 1.29 is 27.8 Å². The summed E-state index contributed by atoms with van der Waals surface area (Å²) >= 11 is 0. The fraction of sp³-hybridized carbons (Fsp3) is 0.263. The van der Waals surface area contributed by atoms with E-state index >= 15 is 9.59 Å². The molecule has 4 aromatic rings. The summed E-state index contributed by atoms with van der Waals surface area (Å²) in [4.78, 5) is 30.8. The number of benzene rings is 4. The third kappa shape index (κ3) is 5.72. The molecule has 0 saturated carbocycles. The Morgan fingerprint density at radius 1 is 0.562 bits per heavy atom. The number of carbonyl (C=O) groups is 2. The molecule has 0 spiro atoms. The van der Waals surface area contributed by atoms with Crippen LogP contribution in [-0.2, 0) is 9.59 Å². The number of rotatable bonds is 11. The van der Waals surface area contributed by atoms with Crippen LogP contribution in [0.1, 0.15) is 40.5 Å². The van der Waals surface area contributed by atoms with Crippen LogP contribution >= 0.6 is 0 Å². The van der Waals surface area contributed by atoms with E-state index in [9.17, 15) is 8.78 Å². The van der Waals surface area contributed by atoms with Gasteiger partial charge in [-0.05, 0) is 97.5 Å². The first-order valence-corrected chi connectivity index (χ1v) is 15.9. The van der Waals surface area contributed by atoms with Gasteiger partial charge in [-0.2, -0.15) is 20.2 Å². The smallest absolute Gasteiger partial charge is 0.303 e. The van der Waals surface area contributed by atoms with Crippen LogP contribution in [0, 0.1) is 23.5 Å². The summed E-state index contributed by atoms with van der Waals surface area (Å²) in [6.45, 7) is 7.87. The number of amides is 2. The van der Waals surface area contributed by atoms with Crippen LogP contribution in [-0.4, -0.2) is 34.4 Å². The van der Waals surface area contributed by atoms with E-state index in [1.807, 2.05) is 39.8 Å². The Bertz CT molecular complexity index is 1710. The van der Waals surface area contributed by atoms with Gasteiger partial charge in [0.1, 0.15) is 23.1 Å². The maximum Gasteiger partial charge on any atom is 0.303 e. The van der Waals surface area contributed by atoms with Crippen molar-refractivity contribution in [3.8, 4) is 11.5 Å². The number of hydrogen-bond acceptors (Lipinski definition) is 6. The monoisotopic (exact) mass is 650 g/mol. The Kier molecular flexibility index (Phi) is 8.83. The maximum atomic E-state index is 15.4. The van der Waals surface area contributed by atoms with Crippen molar-refractivity contribution in [3.05, 3.63) is 121 Å². The molecule has 0 radical (unpaired) electrons. The topological polar surface area (TPSA) is 83.8 Å². The van der Waals surface area contributed by atoms with Gasteiger partial charge in [-0.25, -0.2) is 8.78 Å². The molecule has 2 heterocycles. The van der Waals surface area contributed by atoms with Gasteiger partial charge in [0.2, 0.25) is 0 Å². The number of nitrogens with zero attached hydrogens (tertiary/aromatic N) is 4. The molecule has 8 nitrogen and oxygen atoms in total. The van der Waals surface area contributed by atoms with Gasteiger partial charge in [-0.1, -0.05) is 64.1 Å². The third-order valence-electron chi connectivity index (χ3n) is 8.11. The summed E-state index contributed by atoms with van der Waals surface area (Å²) < 4.78 is 42.0.